The highest BCUT2D eigenvalue weighted by atomic mass is 35.5. The Balaban J connectivity index is 1.66. The van der Waals surface area contributed by atoms with E-state index in [1.54, 1.807) is 36.2 Å². The molecule has 0 atom stereocenters. The van der Waals surface area contributed by atoms with Crippen LogP contribution in [0.1, 0.15) is 5.76 Å². The van der Waals surface area contributed by atoms with Crippen molar-refractivity contribution < 1.29 is 9.21 Å². The zero-order chi connectivity index (χ0) is 19.8. The van der Waals surface area contributed by atoms with Crippen molar-refractivity contribution in [3.8, 4) is 11.3 Å². The van der Waals surface area contributed by atoms with Gasteiger partial charge in [0.25, 0.3) is 5.91 Å². The minimum absolute atomic E-state index is 0.203. The van der Waals surface area contributed by atoms with E-state index in [9.17, 15) is 4.79 Å². The molecule has 1 aliphatic heterocycles. The Morgan fingerprint density at radius 3 is 2.46 bits per heavy atom. The molecule has 0 bridgehead atoms. The molecule has 0 spiro atoms. The van der Waals surface area contributed by atoms with E-state index in [2.05, 4.69) is 0 Å². The van der Waals surface area contributed by atoms with Gasteiger partial charge in [-0.2, -0.15) is 0 Å². The third-order valence-electron chi connectivity index (χ3n) is 4.39. The number of hydrogen-bond donors (Lipinski definition) is 0. The lowest BCUT2D eigenvalue weighted by Crippen LogP contribution is -2.30. The van der Waals surface area contributed by atoms with E-state index in [-0.39, 0.29) is 5.91 Å². The number of para-hydroxylation sites is 1. The van der Waals surface area contributed by atoms with Crippen LogP contribution >= 0.6 is 35.4 Å². The van der Waals surface area contributed by atoms with Gasteiger partial charge in [0.2, 0.25) is 0 Å². The Hall–Kier alpha value is -2.60. The molecule has 3 aromatic rings. The second kappa shape index (κ2) is 7.43. The highest BCUT2D eigenvalue weighted by Crippen LogP contribution is 2.31. The van der Waals surface area contributed by atoms with Crippen molar-refractivity contribution in [2.45, 2.75) is 0 Å². The summed E-state index contributed by atoms with van der Waals surface area (Å²) in [5.74, 6) is 0.959. The Labute approximate surface area is 177 Å². The maximum absolute atomic E-state index is 12.9. The molecule has 0 radical (unpaired) electrons. The van der Waals surface area contributed by atoms with E-state index < -0.39 is 0 Å². The van der Waals surface area contributed by atoms with Crippen molar-refractivity contribution in [1.29, 1.82) is 0 Å². The van der Waals surface area contributed by atoms with Gasteiger partial charge in [-0.1, -0.05) is 41.4 Å². The molecule has 2 aromatic carbocycles. The summed E-state index contributed by atoms with van der Waals surface area (Å²) >= 11 is 17.5. The van der Waals surface area contributed by atoms with Crippen molar-refractivity contribution in [3.05, 3.63) is 82.2 Å². The molecular weight excluding hydrogens is 415 g/mol. The van der Waals surface area contributed by atoms with Crippen LogP contribution in [0.3, 0.4) is 0 Å². The second-order valence-electron chi connectivity index (χ2n) is 6.18. The van der Waals surface area contributed by atoms with Gasteiger partial charge in [-0.25, -0.2) is 0 Å². The summed E-state index contributed by atoms with van der Waals surface area (Å²) in [6.07, 6.45) is 1.68. The van der Waals surface area contributed by atoms with Crippen LogP contribution in [0.2, 0.25) is 10.0 Å². The van der Waals surface area contributed by atoms with Gasteiger partial charge in [0, 0.05) is 18.7 Å². The fourth-order valence-corrected chi connectivity index (χ4v) is 3.52. The summed E-state index contributed by atoms with van der Waals surface area (Å²) in [4.78, 5) is 16.1. The Morgan fingerprint density at radius 2 is 1.75 bits per heavy atom. The van der Waals surface area contributed by atoms with Crippen LogP contribution in [-0.4, -0.2) is 23.0 Å². The molecule has 1 aliphatic rings. The number of benzene rings is 2. The number of halogens is 2. The first-order valence-electron chi connectivity index (χ1n) is 8.40. The van der Waals surface area contributed by atoms with Crippen molar-refractivity contribution in [2.75, 3.05) is 11.9 Å². The van der Waals surface area contributed by atoms with Gasteiger partial charge in [-0.15, -0.1) is 0 Å². The first-order valence-corrected chi connectivity index (χ1v) is 9.56. The predicted octanol–water partition coefficient (Wildman–Crippen LogP) is 5.86. The van der Waals surface area contributed by atoms with Crippen molar-refractivity contribution in [2.24, 2.45) is 0 Å². The van der Waals surface area contributed by atoms with Crippen LogP contribution in [0, 0.1) is 0 Å². The summed E-state index contributed by atoms with van der Waals surface area (Å²) in [7, 11) is 1.76. The summed E-state index contributed by atoms with van der Waals surface area (Å²) in [5, 5.41) is 1.34. The molecule has 0 unspecified atom stereocenters. The molecule has 0 N–H and O–H groups in total. The lowest BCUT2D eigenvalue weighted by molar-refractivity contribution is -0.114. The molecule has 2 heterocycles. The third-order valence-corrected chi connectivity index (χ3v) is 5.58. The number of nitrogens with zero attached hydrogens (tertiary/aromatic N) is 2. The summed E-state index contributed by atoms with van der Waals surface area (Å²) < 4.78 is 5.88. The number of carbonyl (C=O) groups is 1. The fourth-order valence-electron chi connectivity index (χ4n) is 2.93. The van der Waals surface area contributed by atoms with E-state index in [0.29, 0.717) is 32.4 Å². The Morgan fingerprint density at radius 1 is 1.00 bits per heavy atom. The molecule has 0 aliphatic carbocycles. The minimum atomic E-state index is -0.203. The second-order valence-corrected chi connectivity index (χ2v) is 7.36. The van der Waals surface area contributed by atoms with Gasteiger partial charge in [0.05, 0.1) is 15.7 Å². The van der Waals surface area contributed by atoms with Crippen LogP contribution < -0.4 is 4.90 Å². The summed E-state index contributed by atoms with van der Waals surface area (Å²) in [6.45, 7) is 0. The topological polar surface area (TPSA) is 36.7 Å². The van der Waals surface area contributed by atoms with Crippen molar-refractivity contribution in [1.82, 2.24) is 4.90 Å². The van der Waals surface area contributed by atoms with E-state index in [1.807, 2.05) is 42.5 Å². The molecular formula is C21H14Cl2N2O2S. The van der Waals surface area contributed by atoms with Crippen molar-refractivity contribution >= 4 is 58.2 Å². The van der Waals surface area contributed by atoms with Crippen LogP contribution in [0.25, 0.3) is 17.4 Å². The largest absolute Gasteiger partial charge is 0.457 e. The van der Waals surface area contributed by atoms with Gasteiger partial charge in [-0.05, 0) is 54.7 Å². The van der Waals surface area contributed by atoms with Crippen LogP contribution in [0.15, 0.2) is 70.8 Å². The molecule has 4 rings (SSSR count). The summed E-state index contributed by atoms with van der Waals surface area (Å²) in [6, 6.07) is 18.2. The van der Waals surface area contributed by atoms with E-state index in [4.69, 9.17) is 39.8 Å². The zero-order valence-corrected chi connectivity index (χ0v) is 17.1. The highest BCUT2D eigenvalue weighted by Gasteiger charge is 2.36. The smallest absolute Gasteiger partial charge is 0.281 e. The number of thiocarbonyl (C=S) groups is 1. The molecule has 140 valence electrons. The van der Waals surface area contributed by atoms with Crippen LogP contribution in [-0.2, 0) is 4.79 Å². The van der Waals surface area contributed by atoms with Crippen molar-refractivity contribution in [3.63, 3.8) is 0 Å². The fraction of sp³-hybridized carbons (Fsp3) is 0.0476. The minimum Gasteiger partial charge on any atom is -0.457 e. The lowest BCUT2D eigenvalue weighted by atomic mass is 10.2. The van der Waals surface area contributed by atoms with E-state index in [1.165, 1.54) is 4.90 Å². The normalized spacial score (nSPS) is 15.8. The van der Waals surface area contributed by atoms with Gasteiger partial charge >= 0.3 is 0 Å². The van der Waals surface area contributed by atoms with E-state index >= 15 is 0 Å². The monoisotopic (exact) mass is 428 g/mol. The van der Waals surface area contributed by atoms with Gasteiger partial charge in [-0.3, -0.25) is 9.69 Å². The number of carbonyl (C=O) groups excluding carboxylic acids is 1. The molecule has 1 fully saturated rings. The average molecular weight is 429 g/mol. The van der Waals surface area contributed by atoms with Crippen LogP contribution in [0.4, 0.5) is 5.69 Å². The van der Waals surface area contributed by atoms with Gasteiger partial charge in [0.15, 0.2) is 5.11 Å². The Bertz CT molecular complexity index is 1110. The van der Waals surface area contributed by atoms with E-state index in [0.717, 1.165) is 11.3 Å². The first kappa shape index (κ1) is 18.7. The zero-order valence-electron chi connectivity index (χ0n) is 14.7. The predicted molar refractivity (Wildman–Crippen MR) is 116 cm³/mol. The highest BCUT2D eigenvalue weighted by molar-refractivity contribution is 7.80. The lowest BCUT2D eigenvalue weighted by Gasteiger charge is -2.16. The van der Waals surface area contributed by atoms with Crippen LogP contribution in [0.5, 0.6) is 0 Å². The number of likely N-dealkylation sites (N-methyl/N-ethyl adjacent to an activating group) is 1. The number of furan rings is 1. The third kappa shape index (κ3) is 3.33. The van der Waals surface area contributed by atoms with Gasteiger partial charge in [0.1, 0.15) is 17.2 Å². The molecule has 7 heteroatoms. The van der Waals surface area contributed by atoms with Gasteiger partial charge < -0.3 is 9.32 Å². The Kier molecular flexibility index (Phi) is 4.98. The molecule has 0 saturated carbocycles. The molecule has 4 nitrogen and oxygen atoms in total. The standard InChI is InChI=1S/C21H14Cl2N2O2S/c1-24-18(20(26)25(21(24)28)14-5-3-2-4-6-14)12-15-8-10-19(27-15)13-7-9-16(22)17(23)11-13/h2-12H,1H3/b18-12-. The molecule has 1 aromatic heterocycles. The molecule has 1 saturated heterocycles. The first-order chi connectivity index (χ1) is 13.5. The maximum atomic E-state index is 12.9. The number of amides is 1. The number of rotatable bonds is 3. The maximum Gasteiger partial charge on any atom is 0.281 e. The summed E-state index contributed by atoms with van der Waals surface area (Å²) in [5.41, 5.74) is 1.96. The number of hydrogen-bond acceptors (Lipinski definition) is 3. The average Bonchev–Trinajstić information content (AvgIpc) is 3.24. The quantitative estimate of drug-likeness (QED) is 0.386. The SMILES string of the molecule is CN1C(=S)N(c2ccccc2)C(=O)/C1=C/c1ccc(-c2ccc(Cl)c(Cl)c2)o1. The molecule has 1 amide bonds. The molecule has 28 heavy (non-hydrogen) atoms. The number of anilines is 1.